The van der Waals surface area contributed by atoms with E-state index in [1.165, 1.54) is 6.42 Å². The summed E-state index contributed by atoms with van der Waals surface area (Å²) in [4.78, 5) is 4.15. The molecule has 1 nitrogen and oxygen atoms in total. The van der Waals surface area contributed by atoms with Crippen molar-refractivity contribution < 1.29 is 4.39 Å². The Hall–Kier alpha value is -0.920. The van der Waals surface area contributed by atoms with Crippen LogP contribution in [0.5, 0.6) is 0 Å². The number of fused-ring (bicyclic) bond motifs is 1. The van der Waals surface area contributed by atoms with Crippen LogP contribution in [0.1, 0.15) is 23.6 Å². The molecule has 2 fully saturated rings. The van der Waals surface area contributed by atoms with Gasteiger partial charge in [-0.2, -0.15) is 0 Å². The van der Waals surface area contributed by atoms with Gasteiger partial charge in [0, 0.05) is 12.1 Å². The third kappa shape index (κ3) is 0.752. The molecule has 3 rings (SSSR count). The zero-order chi connectivity index (χ0) is 8.29. The van der Waals surface area contributed by atoms with Crippen LogP contribution in [0.2, 0.25) is 0 Å². The van der Waals surface area contributed by atoms with E-state index in [4.69, 9.17) is 0 Å². The summed E-state index contributed by atoms with van der Waals surface area (Å²) in [5, 5.41) is 0. The lowest BCUT2D eigenvalue weighted by Gasteiger charge is -2.04. The van der Waals surface area contributed by atoms with Crippen LogP contribution in [-0.4, -0.2) is 4.98 Å². The van der Waals surface area contributed by atoms with Gasteiger partial charge < -0.3 is 0 Å². The Morgan fingerprint density at radius 1 is 1.50 bits per heavy atom. The summed E-state index contributed by atoms with van der Waals surface area (Å²) < 4.78 is 13.3. The van der Waals surface area contributed by atoms with Crippen molar-refractivity contribution in [1.29, 1.82) is 0 Å². The van der Waals surface area contributed by atoms with E-state index in [1.807, 2.05) is 6.92 Å². The summed E-state index contributed by atoms with van der Waals surface area (Å²) in [6, 6.07) is 1.58. The Morgan fingerprint density at radius 3 is 2.75 bits per heavy atom. The molecule has 0 aliphatic heterocycles. The van der Waals surface area contributed by atoms with Crippen LogP contribution < -0.4 is 0 Å². The average molecular weight is 163 g/mol. The van der Waals surface area contributed by atoms with Crippen molar-refractivity contribution in [3.63, 3.8) is 0 Å². The summed E-state index contributed by atoms with van der Waals surface area (Å²) in [6.07, 6.45) is 3.07. The lowest BCUT2D eigenvalue weighted by atomic mass is 10.1. The second-order valence-electron chi connectivity index (χ2n) is 3.97. The molecule has 1 heterocycles. The molecule has 2 saturated carbocycles. The maximum Gasteiger partial charge on any atom is 0.145 e. The molecule has 0 bridgehead atoms. The minimum Gasteiger partial charge on any atom is -0.258 e. The van der Waals surface area contributed by atoms with Gasteiger partial charge in [0.25, 0.3) is 0 Å². The van der Waals surface area contributed by atoms with E-state index in [-0.39, 0.29) is 5.82 Å². The minimum atomic E-state index is -0.104. The molecule has 62 valence electrons. The van der Waals surface area contributed by atoms with Crippen molar-refractivity contribution in [3.8, 4) is 0 Å². The fourth-order valence-corrected chi connectivity index (χ4v) is 1.97. The molecular weight excluding hydrogens is 153 g/mol. The first-order valence-electron chi connectivity index (χ1n) is 4.39. The van der Waals surface area contributed by atoms with Gasteiger partial charge in [-0.05, 0) is 36.8 Å². The quantitative estimate of drug-likeness (QED) is 0.618. The topological polar surface area (TPSA) is 12.9 Å². The van der Waals surface area contributed by atoms with Crippen molar-refractivity contribution in [2.45, 2.75) is 19.3 Å². The van der Waals surface area contributed by atoms with Gasteiger partial charge in [-0.15, -0.1) is 0 Å². The highest BCUT2D eigenvalue weighted by atomic mass is 19.1. The number of aryl methyl sites for hydroxylation is 1. The number of pyridine rings is 1. The van der Waals surface area contributed by atoms with E-state index in [9.17, 15) is 4.39 Å². The smallest absolute Gasteiger partial charge is 0.145 e. The second kappa shape index (κ2) is 1.87. The van der Waals surface area contributed by atoms with Crippen LogP contribution >= 0.6 is 0 Å². The van der Waals surface area contributed by atoms with E-state index in [0.717, 1.165) is 17.4 Å². The lowest BCUT2D eigenvalue weighted by Crippen LogP contribution is -1.98. The van der Waals surface area contributed by atoms with E-state index >= 15 is 0 Å². The van der Waals surface area contributed by atoms with Gasteiger partial charge in [-0.1, -0.05) is 0 Å². The van der Waals surface area contributed by atoms with Crippen LogP contribution in [0.15, 0.2) is 12.3 Å². The third-order valence-electron chi connectivity index (χ3n) is 2.99. The zero-order valence-corrected chi connectivity index (χ0v) is 6.92. The first-order valence-corrected chi connectivity index (χ1v) is 4.39. The summed E-state index contributed by atoms with van der Waals surface area (Å²) in [5.41, 5.74) is 1.62. The first-order chi connectivity index (χ1) is 5.77. The molecular formula is C10H10FN. The molecule has 0 saturated heterocycles. The van der Waals surface area contributed by atoms with E-state index in [1.54, 1.807) is 12.3 Å². The number of aromatic nitrogens is 1. The van der Waals surface area contributed by atoms with Crippen molar-refractivity contribution in [2.24, 2.45) is 11.8 Å². The summed E-state index contributed by atoms with van der Waals surface area (Å²) in [6.45, 7) is 1.87. The normalized spacial score (nSPS) is 36.0. The highest BCUT2D eigenvalue weighted by Gasteiger charge is 2.65. The average Bonchev–Trinajstić information content (AvgIpc) is 2.81. The van der Waals surface area contributed by atoms with Crippen LogP contribution in [0.3, 0.4) is 0 Å². The van der Waals surface area contributed by atoms with Gasteiger partial charge in [0.05, 0.1) is 5.69 Å². The maximum absolute atomic E-state index is 13.3. The SMILES string of the molecule is Cc1cnc(C2[C@H]3C[C@@H]23)c(F)c1. The molecule has 0 aromatic carbocycles. The highest BCUT2D eigenvalue weighted by Crippen LogP contribution is 2.73. The third-order valence-corrected chi connectivity index (χ3v) is 2.99. The summed E-state index contributed by atoms with van der Waals surface area (Å²) in [5.74, 6) is 1.95. The largest absolute Gasteiger partial charge is 0.258 e. The molecule has 12 heavy (non-hydrogen) atoms. The van der Waals surface area contributed by atoms with Crippen LogP contribution in [-0.2, 0) is 0 Å². The number of halogens is 1. The van der Waals surface area contributed by atoms with Gasteiger partial charge in [-0.25, -0.2) is 4.39 Å². The van der Waals surface area contributed by atoms with E-state index < -0.39 is 0 Å². The van der Waals surface area contributed by atoms with Crippen LogP contribution in [0, 0.1) is 24.6 Å². The second-order valence-corrected chi connectivity index (χ2v) is 3.97. The molecule has 1 aromatic rings. The van der Waals surface area contributed by atoms with Crippen molar-refractivity contribution in [2.75, 3.05) is 0 Å². The minimum absolute atomic E-state index is 0.104. The van der Waals surface area contributed by atoms with Crippen LogP contribution in [0.4, 0.5) is 4.39 Å². The van der Waals surface area contributed by atoms with E-state index in [2.05, 4.69) is 4.98 Å². The molecule has 1 aromatic heterocycles. The van der Waals surface area contributed by atoms with Gasteiger partial charge in [0.2, 0.25) is 0 Å². The Labute approximate surface area is 70.6 Å². The Morgan fingerprint density at radius 2 is 2.25 bits per heavy atom. The van der Waals surface area contributed by atoms with Gasteiger partial charge >= 0.3 is 0 Å². The fourth-order valence-electron chi connectivity index (χ4n) is 1.97. The van der Waals surface area contributed by atoms with Crippen molar-refractivity contribution in [3.05, 3.63) is 29.3 Å². The molecule has 1 unspecified atom stereocenters. The Balaban J connectivity index is 1.99. The molecule has 3 atom stereocenters. The standard InChI is InChI=1S/C10H10FN/c1-5-2-8(11)10(12-4-5)9-6-3-7(6)9/h2,4,6-7,9H,3H2,1H3/t6-,7+,9?. The monoisotopic (exact) mass is 163 g/mol. The molecule has 2 aliphatic carbocycles. The first kappa shape index (κ1) is 6.58. The fraction of sp³-hybridized carbons (Fsp3) is 0.500. The van der Waals surface area contributed by atoms with Crippen LogP contribution in [0.25, 0.3) is 0 Å². The lowest BCUT2D eigenvalue weighted by molar-refractivity contribution is 0.578. The molecule has 0 N–H and O–H groups in total. The van der Waals surface area contributed by atoms with Crippen molar-refractivity contribution >= 4 is 0 Å². The number of hydrogen-bond acceptors (Lipinski definition) is 1. The van der Waals surface area contributed by atoms with Gasteiger partial charge in [0.15, 0.2) is 0 Å². The number of rotatable bonds is 1. The summed E-state index contributed by atoms with van der Waals surface area (Å²) >= 11 is 0. The molecule has 2 aliphatic rings. The Bertz CT molecular complexity index is 340. The summed E-state index contributed by atoms with van der Waals surface area (Å²) in [7, 11) is 0. The van der Waals surface area contributed by atoms with Crippen molar-refractivity contribution in [1.82, 2.24) is 4.98 Å². The molecule has 2 heteroatoms. The number of nitrogens with zero attached hydrogens (tertiary/aromatic N) is 1. The predicted octanol–water partition coefficient (Wildman–Crippen LogP) is 2.26. The maximum atomic E-state index is 13.3. The highest BCUT2D eigenvalue weighted by molar-refractivity contribution is 5.32. The Kier molecular flexibility index (Phi) is 1.03. The van der Waals surface area contributed by atoms with E-state index in [0.29, 0.717) is 11.6 Å². The molecule has 0 amide bonds. The molecule has 0 spiro atoms. The zero-order valence-electron chi connectivity index (χ0n) is 6.92. The van der Waals surface area contributed by atoms with Gasteiger partial charge in [0.1, 0.15) is 5.82 Å². The van der Waals surface area contributed by atoms with Gasteiger partial charge in [-0.3, -0.25) is 4.98 Å². The molecule has 0 radical (unpaired) electrons. The number of hydrogen-bond donors (Lipinski definition) is 0. The predicted molar refractivity (Wildman–Crippen MR) is 43.3 cm³/mol.